The average molecular weight is 280 g/mol. The summed E-state index contributed by atoms with van der Waals surface area (Å²) in [6.07, 6.45) is 0. The lowest BCUT2D eigenvalue weighted by Crippen LogP contribution is -2.18. The molecule has 0 aliphatic rings. The van der Waals surface area contributed by atoms with Crippen LogP contribution in [0.25, 0.3) is 0 Å². The monoisotopic (exact) mass is 280 g/mol. The van der Waals surface area contributed by atoms with Crippen LogP contribution in [0, 0.1) is 11.8 Å². The molecule has 0 aromatic heterocycles. The summed E-state index contributed by atoms with van der Waals surface area (Å²) in [6, 6.07) is 7.22. The number of hydrogen-bond donors (Lipinski definition) is 3. The molecule has 5 heteroatoms. The minimum Gasteiger partial charge on any atom is -0.397 e. The second-order valence-electron chi connectivity index (χ2n) is 5.01. The van der Waals surface area contributed by atoms with E-state index in [4.69, 9.17) is 10.8 Å². The number of rotatable bonds is 4. The number of anilines is 2. The minimum absolute atomic E-state index is 0.0158. The number of para-hydroxylation sites is 2. The van der Waals surface area contributed by atoms with Gasteiger partial charge < -0.3 is 16.2 Å². The van der Waals surface area contributed by atoms with Crippen LogP contribution in [-0.4, -0.2) is 23.4 Å². The van der Waals surface area contributed by atoms with E-state index in [0.29, 0.717) is 11.4 Å². The Morgan fingerprint density at radius 3 is 2.05 bits per heavy atom. The number of benzene rings is 1. The summed E-state index contributed by atoms with van der Waals surface area (Å²) >= 11 is 0. The van der Waals surface area contributed by atoms with Crippen molar-refractivity contribution >= 4 is 23.1 Å². The number of amides is 1. The predicted molar refractivity (Wildman–Crippen MR) is 81.3 cm³/mol. The lowest BCUT2D eigenvalue weighted by molar-refractivity contribution is -0.124. The fourth-order valence-electron chi connectivity index (χ4n) is 1.07. The quantitative estimate of drug-likeness (QED) is 0.736. The fraction of sp³-hybridized carbons (Fsp3) is 0.467. The third kappa shape index (κ3) is 6.89. The van der Waals surface area contributed by atoms with E-state index in [1.165, 1.54) is 0 Å². The van der Waals surface area contributed by atoms with E-state index >= 15 is 0 Å². The van der Waals surface area contributed by atoms with Crippen LogP contribution in [0.2, 0.25) is 0 Å². The molecule has 0 atom stereocenters. The van der Waals surface area contributed by atoms with Crippen molar-refractivity contribution in [2.75, 3.05) is 17.7 Å². The summed E-state index contributed by atoms with van der Waals surface area (Å²) in [5, 5.41) is 10.9. The van der Waals surface area contributed by atoms with Crippen molar-refractivity contribution < 1.29 is 14.7 Å². The summed E-state index contributed by atoms with van der Waals surface area (Å²) in [6.45, 7) is 6.89. The smallest absolute Gasteiger partial charge is 0.226 e. The second kappa shape index (κ2) is 9.09. The van der Waals surface area contributed by atoms with E-state index in [9.17, 15) is 9.59 Å². The first kappa shape index (κ1) is 18.1. The van der Waals surface area contributed by atoms with E-state index in [0.717, 1.165) is 0 Å². The number of hydrogen-bond acceptors (Lipinski definition) is 4. The van der Waals surface area contributed by atoms with Gasteiger partial charge in [-0.05, 0) is 12.1 Å². The van der Waals surface area contributed by atoms with E-state index in [-0.39, 0.29) is 30.1 Å². The van der Waals surface area contributed by atoms with Crippen LogP contribution >= 0.6 is 0 Å². The highest BCUT2D eigenvalue weighted by atomic mass is 16.3. The fourth-order valence-corrected chi connectivity index (χ4v) is 1.07. The molecular formula is C15H24N2O3. The Bertz CT molecular complexity index is 442. The number of Topliss-reactive ketones (excluding diaryl/α,β-unsaturated/α-hetero) is 1. The van der Waals surface area contributed by atoms with Crippen molar-refractivity contribution in [2.45, 2.75) is 27.7 Å². The van der Waals surface area contributed by atoms with Crippen molar-refractivity contribution in [2.24, 2.45) is 11.8 Å². The molecule has 0 radical (unpaired) electrons. The Morgan fingerprint density at radius 1 is 1.15 bits per heavy atom. The predicted octanol–water partition coefficient (Wildman–Crippen LogP) is 2.07. The van der Waals surface area contributed by atoms with Crippen molar-refractivity contribution in [3.8, 4) is 0 Å². The summed E-state index contributed by atoms with van der Waals surface area (Å²) in [5.74, 6) is -0.164. The molecule has 0 fully saturated rings. The minimum atomic E-state index is -0.322. The highest BCUT2D eigenvalue weighted by molar-refractivity contribution is 5.94. The zero-order valence-corrected chi connectivity index (χ0v) is 12.5. The molecule has 0 aliphatic carbocycles. The highest BCUT2D eigenvalue weighted by Gasteiger charge is 2.07. The maximum absolute atomic E-state index is 11.3. The number of aliphatic hydroxyl groups excluding tert-OH is 1. The number of carbonyl (C=O) groups is 2. The van der Waals surface area contributed by atoms with Gasteiger partial charge in [0.25, 0.3) is 0 Å². The van der Waals surface area contributed by atoms with Crippen molar-refractivity contribution in [3.63, 3.8) is 0 Å². The van der Waals surface area contributed by atoms with Crippen LogP contribution in [0.3, 0.4) is 0 Å². The molecule has 1 rings (SSSR count). The van der Waals surface area contributed by atoms with Gasteiger partial charge in [-0.2, -0.15) is 0 Å². The van der Waals surface area contributed by atoms with Gasteiger partial charge in [-0.1, -0.05) is 39.8 Å². The van der Waals surface area contributed by atoms with Crippen LogP contribution in [0.1, 0.15) is 27.7 Å². The summed E-state index contributed by atoms with van der Waals surface area (Å²) in [7, 11) is 0. The third-order valence-corrected chi connectivity index (χ3v) is 2.54. The first-order chi connectivity index (χ1) is 9.29. The van der Waals surface area contributed by atoms with Crippen LogP contribution in [0.5, 0.6) is 0 Å². The first-order valence-corrected chi connectivity index (χ1v) is 6.58. The number of aliphatic hydroxyl groups is 1. The summed E-state index contributed by atoms with van der Waals surface area (Å²) in [4.78, 5) is 21.6. The van der Waals surface area contributed by atoms with Crippen LogP contribution in [0.4, 0.5) is 11.4 Å². The standard InChI is InChI=1S/C10H14N2O.C5H10O2/c1-7(2)10(13)12-9-6-4-3-5-8(9)11;1-4(2)5(7)3-6/h3-7H,11H2,1-2H3,(H,12,13);4,6H,3H2,1-2H3. The number of carbonyl (C=O) groups excluding carboxylic acids is 2. The normalized spacial score (nSPS) is 9.95. The Kier molecular flexibility index (Phi) is 8.24. The van der Waals surface area contributed by atoms with Gasteiger partial charge in [-0.15, -0.1) is 0 Å². The molecule has 0 spiro atoms. The number of nitrogens with one attached hydrogen (secondary N) is 1. The maximum atomic E-state index is 11.3. The van der Waals surface area contributed by atoms with E-state index < -0.39 is 0 Å². The second-order valence-corrected chi connectivity index (χ2v) is 5.01. The maximum Gasteiger partial charge on any atom is 0.226 e. The van der Waals surface area contributed by atoms with Crippen molar-refractivity contribution in [1.29, 1.82) is 0 Å². The van der Waals surface area contributed by atoms with Gasteiger partial charge in [0.1, 0.15) is 6.61 Å². The lowest BCUT2D eigenvalue weighted by atomic mass is 10.1. The molecule has 20 heavy (non-hydrogen) atoms. The zero-order valence-electron chi connectivity index (χ0n) is 12.5. The molecule has 112 valence electrons. The molecule has 1 aromatic carbocycles. The Balaban J connectivity index is 0.000000441. The topological polar surface area (TPSA) is 92.4 Å². The van der Waals surface area contributed by atoms with Gasteiger partial charge in [0.2, 0.25) is 5.91 Å². The van der Waals surface area contributed by atoms with Gasteiger partial charge in [0.15, 0.2) is 5.78 Å². The molecule has 0 heterocycles. The Hall–Kier alpha value is -1.88. The molecule has 5 nitrogen and oxygen atoms in total. The van der Waals surface area contributed by atoms with Gasteiger partial charge in [-0.3, -0.25) is 9.59 Å². The van der Waals surface area contributed by atoms with Crippen molar-refractivity contribution in [1.82, 2.24) is 0 Å². The largest absolute Gasteiger partial charge is 0.397 e. The third-order valence-electron chi connectivity index (χ3n) is 2.54. The van der Waals surface area contributed by atoms with E-state index in [2.05, 4.69) is 5.32 Å². The zero-order chi connectivity index (χ0) is 15.7. The first-order valence-electron chi connectivity index (χ1n) is 6.58. The molecule has 0 saturated carbocycles. The summed E-state index contributed by atoms with van der Waals surface area (Å²) < 4.78 is 0. The molecule has 0 aliphatic heterocycles. The van der Waals surface area contributed by atoms with Crippen LogP contribution in [-0.2, 0) is 9.59 Å². The summed E-state index contributed by atoms with van der Waals surface area (Å²) in [5.41, 5.74) is 6.93. The SMILES string of the molecule is CC(C)C(=O)CO.CC(C)C(=O)Nc1ccccc1N. The molecule has 1 aromatic rings. The number of nitrogen functional groups attached to an aromatic ring is 1. The Labute approximate surface area is 120 Å². The molecule has 4 N–H and O–H groups in total. The van der Waals surface area contributed by atoms with Gasteiger partial charge in [0, 0.05) is 11.8 Å². The molecule has 0 saturated heterocycles. The van der Waals surface area contributed by atoms with Gasteiger partial charge >= 0.3 is 0 Å². The molecule has 0 unspecified atom stereocenters. The highest BCUT2D eigenvalue weighted by Crippen LogP contribution is 2.17. The number of ketones is 1. The van der Waals surface area contributed by atoms with Crippen molar-refractivity contribution in [3.05, 3.63) is 24.3 Å². The van der Waals surface area contributed by atoms with Crippen LogP contribution in [0.15, 0.2) is 24.3 Å². The lowest BCUT2D eigenvalue weighted by Gasteiger charge is -2.09. The number of nitrogens with two attached hydrogens (primary N) is 1. The molecule has 1 amide bonds. The molecule has 0 bridgehead atoms. The molecular weight excluding hydrogens is 256 g/mol. The van der Waals surface area contributed by atoms with E-state index in [1.54, 1.807) is 26.0 Å². The van der Waals surface area contributed by atoms with Gasteiger partial charge in [0.05, 0.1) is 11.4 Å². The van der Waals surface area contributed by atoms with Crippen LogP contribution < -0.4 is 11.1 Å². The van der Waals surface area contributed by atoms with E-state index in [1.807, 2.05) is 26.0 Å². The van der Waals surface area contributed by atoms with Gasteiger partial charge in [-0.25, -0.2) is 0 Å². The Morgan fingerprint density at radius 2 is 1.70 bits per heavy atom. The average Bonchev–Trinajstić information content (AvgIpc) is 2.40.